The van der Waals surface area contributed by atoms with E-state index in [1.807, 2.05) is 62.4 Å². The van der Waals surface area contributed by atoms with Crippen molar-refractivity contribution in [3.05, 3.63) is 210 Å². The topological polar surface area (TPSA) is 108 Å². The second kappa shape index (κ2) is 25.1. The van der Waals surface area contributed by atoms with Crippen LogP contribution in [0.4, 0.5) is 0 Å². The van der Waals surface area contributed by atoms with Gasteiger partial charge in [-0.1, -0.05) is 144 Å². The van der Waals surface area contributed by atoms with E-state index in [-0.39, 0.29) is 12.2 Å². The van der Waals surface area contributed by atoms with Gasteiger partial charge >= 0.3 is 0 Å². The molecule has 2 unspecified atom stereocenters. The molecule has 0 bridgehead atoms. The van der Waals surface area contributed by atoms with Crippen LogP contribution in [-0.4, -0.2) is 66.3 Å². The minimum Gasteiger partial charge on any atom is -0.486 e. The third-order valence-corrected chi connectivity index (χ3v) is 15.5. The molecule has 2 atom stereocenters. The number of aromatic amines is 2. The Morgan fingerprint density at radius 1 is 0.526 bits per heavy atom. The summed E-state index contributed by atoms with van der Waals surface area (Å²) in [6.45, 7) is 10.6. The quantitative estimate of drug-likeness (QED) is 0.105. The van der Waals surface area contributed by atoms with Gasteiger partial charge in [-0.15, -0.1) is 0 Å². The average Bonchev–Trinajstić information content (AvgIpc) is 4.04. The Bertz CT molecular complexity index is 3380. The minimum absolute atomic E-state index is 0.329. The molecule has 0 aliphatic carbocycles. The van der Waals surface area contributed by atoms with E-state index in [9.17, 15) is 0 Å². The summed E-state index contributed by atoms with van der Waals surface area (Å²) in [5, 5.41) is 19.1. The molecule has 0 radical (unpaired) electrons. The van der Waals surface area contributed by atoms with E-state index in [2.05, 4.69) is 131 Å². The zero-order valence-corrected chi connectivity index (χ0v) is 45.6. The number of ether oxygens (including phenoxy) is 2. The van der Waals surface area contributed by atoms with Gasteiger partial charge in [0.05, 0.1) is 42.5 Å². The summed E-state index contributed by atoms with van der Waals surface area (Å²) >= 11 is 25.2. The Morgan fingerprint density at radius 3 is 1.41 bits per heavy atom. The summed E-state index contributed by atoms with van der Waals surface area (Å²) in [6, 6.07) is 40.3. The number of pyridine rings is 2. The molecule has 2 aliphatic rings. The van der Waals surface area contributed by atoms with Crippen molar-refractivity contribution in [1.29, 1.82) is 0 Å². The molecule has 2 fully saturated rings. The van der Waals surface area contributed by atoms with E-state index in [1.54, 1.807) is 24.8 Å². The average molecular weight is 1090 g/mol. The molecule has 9 aromatic rings. The molecule has 14 heteroatoms. The number of nitrogens with one attached hydrogen (secondary N) is 2. The van der Waals surface area contributed by atoms with E-state index in [1.165, 1.54) is 61.9 Å². The zero-order valence-electron chi connectivity index (χ0n) is 42.6. The summed E-state index contributed by atoms with van der Waals surface area (Å²) in [5.74, 6) is 2.11. The molecule has 2 saturated heterocycles. The van der Waals surface area contributed by atoms with Crippen LogP contribution in [0, 0.1) is 0 Å². The van der Waals surface area contributed by atoms with E-state index in [0.717, 1.165) is 81.6 Å². The number of nitrogens with zero attached hydrogens (tertiary/aromatic N) is 6. The van der Waals surface area contributed by atoms with Crippen molar-refractivity contribution in [3.8, 4) is 11.5 Å². The van der Waals surface area contributed by atoms with Gasteiger partial charge in [-0.05, 0) is 148 Å². The van der Waals surface area contributed by atoms with Gasteiger partial charge in [-0.3, -0.25) is 30.0 Å². The van der Waals surface area contributed by atoms with Crippen molar-refractivity contribution < 1.29 is 9.47 Å². The van der Waals surface area contributed by atoms with E-state index < -0.39 is 0 Å². The van der Waals surface area contributed by atoms with Gasteiger partial charge in [0, 0.05) is 59.8 Å². The predicted octanol–water partition coefficient (Wildman–Crippen LogP) is 16.5. The lowest BCUT2D eigenvalue weighted by Crippen LogP contribution is -2.32. The molecule has 2 aliphatic heterocycles. The highest BCUT2D eigenvalue weighted by Crippen LogP contribution is 2.36. The monoisotopic (exact) mass is 1090 g/mol. The van der Waals surface area contributed by atoms with Crippen LogP contribution in [0.2, 0.25) is 20.1 Å². The maximum Gasteiger partial charge on any atom is 0.124 e. The van der Waals surface area contributed by atoms with Crippen LogP contribution >= 0.6 is 46.4 Å². The number of fused-ring (bicyclic) bond motifs is 2. The van der Waals surface area contributed by atoms with Crippen LogP contribution < -0.4 is 9.47 Å². The minimum atomic E-state index is -0.338. The second-order valence-corrected chi connectivity index (χ2v) is 21.3. The van der Waals surface area contributed by atoms with Crippen LogP contribution in [0.3, 0.4) is 0 Å². The van der Waals surface area contributed by atoms with Crippen molar-refractivity contribution in [3.63, 3.8) is 0 Å². The Kier molecular flexibility index (Phi) is 17.5. The highest BCUT2D eigenvalue weighted by atomic mass is 35.5. The SMILES string of the molecule is CC(Oc1ccc2[nH]nc(/C=C/c3ccc(CN4CCC(c5ccccc5)CC4)cc3)c2c1)c1c(Cl)cncc1Cl.CC(Oc1ccc2[nH]nc(/C=C/c3ccc(CN4CCCCC4)cc3)c2c1)c1c(Cl)cncc1Cl. The molecule has 5 aromatic carbocycles. The van der Waals surface area contributed by atoms with E-state index in [4.69, 9.17) is 55.9 Å². The predicted molar refractivity (Wildman–Crippen MR) is 312 cm³/mol. The van der Waals surface area contributed by atoms with Gasteiger partial charge < -0.3 is 9.47 Å². The molecule has 388 valence electrons. The molecule has 10 nitrogen and oxygen atoms in total. The molecule has 11 rings (SSSR count). The number of H-pyrrole nitrogens is 2. The van der Waals surface area contributed by atoms with Crippen LogP contribution in [-0.2, 0) is 13.1 Å². The zero-order chi connectivity index (χ0) is 52.4. The summed E-state index contributed by atoms with van der Waals surface area (Å²) in [6.07, 6.45) is 20.3. The Morgan fingerprint density at radius 2 is 0.961 bits per heavy atom. The first-order valence-electron chi connectivity index (χ1n) is 26.0. The maximum absolute atomic E-state index is 6.32. The molecule has 0 saturated carbocycles. The van der Waals surface area contributed by atoms with Crippen molar-refractivity contribution in [2.24, 2.45) is 0 Å². The third-order valence-electron chi connectivity index (χ3n) is 14.3. The van der Waals surface area contributed by atoms with Gasteiger partial charge in [0.2, 0.25) is 0 Å². The fourth-order valence-electron chi connectivity index (χ4n) is 10.2. The van der Waals surface area contributed by atoms with Gasteiger partial charge in [-0.25, -0.2) is 0 Å². The van der Waals surface area contributed by atoms with Crippen molar-refractivity contribution in [2.45, 2.75) is 77.2 Å². The largest absolute Gasteiger partial charge is 0.486 e. The summed E-state index contributed by atoms with van der Waals surface area (Å²) in [5.41, 5.74) is 11.5. The number of hydrogen-bond donors (Lipinski definition) is 2. The summed E-state index contributed by atoms with van der Waals surface area (Å²) in [7, 11) is 0. The Hall–Kier alpha value is -6.50. The number of rotatable bonds is 15. The number of aromatic nitrogens is 6. The third kappa shape index (κ3) is 13.4. The van der Waals surface area contributed by atoms with Crippen LogP contribution in [0.1, 0.15) is 114 Å². The number of benzene rings is 5. The summed E-state index contributed by atoms with van der Waals surface area (Å²) in [4.78, 5) is 13.2. The van der Waals surface area contributed by atoms with Gasteiger partial charge in [0.25, 0.3) is 0 Å². The van der Waals surface area contributed by atoms with Crippen LogP contribution in [0.15, 0.2) is 140 Å². The molecule has 76 heavy (non-hydrogen) atoms. The molecular formula is C62H60Cl4N8O2. The summed E-state index contributed by atoms with van der Waals surface area (Å²) < 4.78 is 12.4. The van der Waals surface area contributed by atoms with Crippen molar-refractivity contribution >= 4 is 92.5 Å². The molecule has 2 N–H and O–H groups in total. The van der Waals surface area contributed by atoms with E-state index >= 15 is 0 Å². The lowest BCUT2D eigenvalue weighted by Gasteiger charge is -2.32. The smallest absolute Gasteiger partial charge is 0.124 e. The lowest BCUT2D eigenvalue weighted by atomic mass is 9.89. The Balaban J connectivity index is 0.000000175. The number of halogens is 4. The first kappa shape index (κ1) is 52.9. The van der Waals surface area contributed by atoms with Crippen molar-refractivity contribution in [2.75, 3.05) is 26.2 Å². The van der Waals surface area contributed by atoms with Crippen LogP contribution in [0.25, 0.3) is 46.1 Å². The molecule has 6 heterocycles. The van der Waals surface area contributed by atoms with Crippen LogP contribution in [0.5, 0.6) is 11.5 Å². The highest BCUT2D eigenvalue weighted by molar-refractivity contribution is 6.36. The molecule has 0 spiro atoms. The number of piperidine rings is 2. The van der Waals surface area contributed by atoms with E-state index in [0.29, 0.717) is 37.5 Å². The number of likely N-dealkylation sites (tertiary alicyclic amines) is 2. The first-order chi connectivity index (χ1) is 37.1. The number of hydrogen-bond acceptors (Lipinski definition) is 8. The fraction of sp³-hybridized carbons (Fsp3) is 0.258. The fourth-order valence-corrected chi connectivity index (χ4v) is 11.5. The molecule has 0 amide bonds. The highest BCUT2D eigenvalue weighted by Gasteiger charge is 2.22. The molecule has 4 aromatic heterocycles. The standard InChI is InChI=1S/C34H32Cl2N4O.C28H28Cl2N4O/c1-23(34-30(35)20-37-21-31(34)36)41-28-12-14-33-29(19-28)32(38-39-33)13-11-24-7-9-25(10-8-24)22-40-17-15-27(16-18-40)26-5-3-2-4-6-26;1-19(28-24(29)16-31-17-25(28)30)35-22-10-12-27-23(15-22)26(32-33-27)11-9-20-5-7-21(8-6-20)18-34-13-3-2-4-14-34/h2-14,19-21,23,27H,15-18,22H2,1H3,(H,38,39);5-12,15-17,19H,2-4,13-14,18H2,1H3,(H,32,33)/b13-11+;11-9+. The Labute approximate surface area is 464 Å². The second-order valence-electron chi connectivity index (χ2n) is 19.6. The maximum atomic E-state index is 6.32. The van der Waals surface area contributed by atoms with Gasteiger partial charge in [0.1, 0.15) is 23.7 Å². The molecular weight excluding hydrogens is 1030 g/mol. The lowest BCUT2D eigenvalue weighted by molar-refractivity contribution is 0.204. The normalized spacial score (nSPS) is 15.6. The van der Waals surface area contributed by atoms with Crippen molar-refractivity contribution in [1.82, 2.24) is 40.2 Å². The van der Waals surface area contributed by atoms with Gasteiger partial charge in [0.15, 0.2) is 0 Å². The van der Waals surface area contributed by atoms with Gasteiger partial charge in [-0.2, -0.15) is 10.2 Å². The first-order valence-corrected chi connectivity index (χ1v) is 27.5.